The number of ether oxygens (including phenoxy) is 1. The van der Waals surface area contributed by atoms with Gasteiger partial charge in [0.15, 0.2) is 0 Å². The van der Waals surface area contributed by atoms with E-state index in [-0.39, 0.29) is 23.1 Å². The standard InChI is InChI=1S/C28H35N9O4.C2H6/c1-34-14-16-36(17-15-34)21-9-12-35(13-10-21)22-6-7-24(25(19-22)41-2)31-27-29-11-8-26(32-27)33-28(38)30-20-4-3-5-23(18-20)37(39)40;1-2/h3-8,11,18-19,21H,9-10,12-17H2,1-2H3,(H3,29,30,31,32,33,38);1-2H3. The van der Waals surface area contributed by atoms with Crippen molar-refractivity contribution >= 4 is 40.5 Å². The number of aromatic nitrogens is 2. The first-order valence-electron chi connectivity index (χ1n) is 14.7. The number of likely N-dealkylation sites (N-methyl/N-ethyl adjacent to an activating group) is 1. The first-order chi connectivity index (χ1) is 20.9. The summed E-state index contributed by atoms with van der Waals surface area (Å²) in [5.74, 6) is 1.19. The van der Waals surface area contributed by atoms with E-state index in [0.717, 1.165) is 57.8 Å². The second-order valence-corrected chi connectivity index (χ2v) is 10.2. The van der Waals surface area contributed by atoms with Crippen LogP contribution in [0, 0.1) is 10.1 Å². The van der Waals surface area contributed by atoms with Gasteiger partial charge in [-0.15, -0.1) is 0 Å². The Morgan fingerprint density at radius 1 is 1.00 bits per heavy atom. The van der Waals surface area contributed by atoms with Crippen LogP contribution in [0.15, 0.2) is 54.7 Å². The minimum absolute atomic E-state index is 0.119. The number of piperazine rings is 1. The summed E-state index contributed by atoms with van der Waals surface area (Å²) in [4.78, 5) is 39.0. The number of methoxy groups -OCH3 is 1. The molecule has 13 nitrogen and oxygen atoms in total. The topological polar surface area (TPSA) is 141 Å². The lowest BCUT2D eigenvalue weighted by Gasteiger charge is -2.42. The number of piperidine rings is 1. The zero-order chi connectivity index (χ0) is 30.8. The molecule has 2 amide bonds. The maximum atomic E-state index is 12.4. The van der Waals surface area contributed by atoms with Crippen molar-refractivity contribution in [3.05, 3.63) is 64.8 Å². The van der Waals surface area contributed by atoms with Crippen LogP contribution in [0.5, 0.6) is 5.75 Å². The Morgan fingerprint density at radius 2 is 1.74 bits per heavy atom. The number of amides is 2. The summed E-state index contributed by atoms with van der Waals surface area (Å²) in [7, 11) is 3.82. The van der Waals surface area contributed by atoms with E-state index in [4.69, 9.17) is 4.74 Å². The molecule has 2 fully saturated rings. The highest BCUT2D eigenvalue weighted by Gasteiger charge is 2.27. The molecule has 2 aliphatic rings. The minimum Gasteiger partial charge on any atom is -0.494 e. The van der Waals surface area contributed by atoms with Crippen molar-refractivity contribution in [2.45, 2.75) is 32.7 Å². The van der Waals surface area contributed by atoms with Gasteiger partial charge in [0.2, 0.25) is 5.95 Å². The van der Waals surface area contributed by atoms with E-state index in [1.165, 1.54) is 24.4 Å². The average molecular weight is 592 g/mol. The first-order valence-corrected chi connectivity index (χ1v) is 14.7. The highest BCUT2D eigenvalue weighted by molar-refractivity contribution is 5.99. The van der Waals surface area contributed by atoms with E-state index >= 15 is 0 Å². The highest BCUT2D eigenvalue weighted by Crippen LogP contribution is 2.33. The number of urea groups is 1. The summed E-state index contributed by atoms with van der Waals surface area (Å²) in [6.07, 6.45) is 3.81. The Morgan fingerprint density at radius 3 is 2.44 bits per heavy atom. The number of benzene rings is 2. The molecule has 5 rings (SSSR count). The van der Waals surface area contributed by atoms with Crippen molar-refractivity contribution < 1.29 is 14.5 Å². The SMILES string of the molecule is CC.COc1cc(N2CCC(N3CCN(C)CC3)CC2)ccc1Nc1nccc(NC(=O)Nc2cccc([N+](=O)[O-])c2)n1. The van der Waals surface area contributed by atoms with Crippen LogP contribution in [0.3, 0.4) is 0 Å². The number of hydrogen-bond acceptors (Lipinski definition) is 10. The Kier molecular flexibility index (Phi) is 11.1. The fourth-order valence-corrected chi connectivity index (χ4v) is 5.24. The molecule has 3 N–H and O–H groups in total. The van der Waals surface area contributed by atoms with Crippen molar-refractivity contribution in [2.24, 2.45) is 0 Å². The summed E-state index contributed by atoms with van der Waals surface area (Å²) < 4.78 is 5.68. The molecule has 3 heterocycles. The molecule has 0 spiro atoms. The number of non-ortho nitro benzene ring substituents is 1. The third-order valence-corrected chi connectivity index (χ3v) is 7.53. The maximum absolute atomic E-state index is 12.4. The van der Waals surface area contributed by atoms with Gasteiger partial charge in [-0.2, -0.15) is 4.98 Å². The summed E-state index contributed by atoms with van der Waals surface area (Å²) >= 11 is 0. The van der Waals surface area contributed by atoms with Gasteiger partial charge in [0.1, 0.15) is 11.6 Å². The number of anilines is 5. The normalized spacial score (nSPS) is 16.0. The minimum atomic E-state index is -0.589. The Hall–Kier alpha value is -4.49. The van der Waals surface area contributed by atoms with Crippen molar-refractivity contribution in [2.75, 3.05) is 74.3 Å². The van der Waals surface area contributed by atoms with E-state index in [2.05, 4.69) is 53.7 Å². The lowest BCUT2D eigenvalue weighted by atomic mass is 10.0. The third-order valence-electron chi connectivity index (χ3n) is 7.53. The number of nitrogens with zero attached hydrogens (tertiary/aromatic N) is 6. The summed E-state index contributed by atoms with van der Waals surface area (Å²) in [5, 5.41) is 19.3. The van der Waals surface area contributed by atoms with Gasteiger partial charge >= 0.3 is 6.03 Å². The molecule has 0 radical (unpaired) electrons. The second kappa shape index (κ2) is 15.1. The lowest BCUT2D eigenvalue weighted by Crippen LogP contribution is -2.52. The average Bonchev–Trinajstić information content (AvgIpc) is 3.03. The molecule has 13 heteroatoms. The van der Waals surface area contributed by atoms with Crippen LogP contribution in [-0.2, 0) is 0 Å². The van der Waals surface area contributed by atoms with E-state index < -0.39 is 11.0 Å². The van der Waals surface area contributed by atoms with Crippen LogP contribution in [0.25, 0.3) is 0 Å². The number of carbonyl (C=O) groups is 1. The van der Waals surface area contributed by atoms with Crippen molar-refractivity contribution in [3.8, 4) is 5.75 Å². The second-order valence-electron chi connectivity index (χ2n) is 10.2. The van der Waals surface area contributed by atoms with Gasteiger partial charge in [-0.3, -0.25) is 20.3 Å². The quantitative estimate of drug-likeness (QED) is 0.241. The molecular formula is C30H41N9O4. The third kappa shape index (κ3) is 8.52. The number of rotatable bonds is 8. The van der Waals surface area contributed by atoms with Crippen molar-refractivity contribution in [1.82, 2.24) is 19.8 Å². The zero-order valence-corrected chi connectivity index (χ0v) is 25.2. The van der Waals surface area contributed by atoms with Gasteiger partial charge in [-0.1, -0.05) is 19.9 Å². The zero-order valence-electron chi connectivity index (χ0n) is 25.2. The van der Waals surface area contributed by atoms with Gasteiger partial charge in [0.05, 0.1) is 17.7 Å². The van der Waals surface area contributed by atoms with Gasteiger partial charge in [0, 0.05) is 81.1 Å². The Labute approximate surface area is 252 Å². The molecule has 1 aromatic heterocycles. The maximum Gasteiger partial charge on any atom is 0.324 e. The molecule has 0 bridgehead atoms. The predicted molar refractivity (Wildman–Crippen MR) is 170 cm³/mol. The van der Waals surface area contributed by atoms with Gasteiger partial charge in [-0.05, 0) is 44.2 Å². The predicted octanol–water partition coefficient (Wildman–Crippen LogP) is 5.02. The van der Waals surface area contributed by atoms with Gasteiger partial charge in [-0.25, -0.2) is 9.78 Å². The van der Waals surface area contributed by atoms with Crippen LogP contribution in [0.2, 0.25) is 0 Å². The number of carbonyl (C=O) groups excluding carboxylic acids is 1. The highest BCUT2D eigenvalue weighted by atomic mass is 16.6. The van der Waals surface area contributed by atoms with Crippen LogP contribution in [0.1, 0.15) is 26.7 Å². The lowest BCUT2D eigenvalue weighted by molar-refractivity contribution is -0.384. The van der Waals surface area contributed by atoms with Crippen LogP contribution >= 0.6 is 0 Å². The fourth-order valence-electron chi connectivity index (χ4n) is 5.24. The molecule has 2 aromatic carbocycles. The first kappa shape index (κ1) is 31.4. The van der Waals surface area contributed by atoms with Gasteiger partial charge < -0.3 is 25.2 Å². The molecular weight excluding hydrogens is 550 g/mol. The van der Waals surface area contributed by atoms with E-state index in [1.807, 2.05) is 26.0 Å². The number of nitro benzene ring substituents is 1. The molecule has 0 aliphatic carbocycles. The van der Waals surface area contributed by atoms with Crippen molar-refractivity contribution in [1.29, 1.82) is 0 Å². The molecule has 0 atom stereocenters. The molecule has 3 aromatic rings. The molecule has 2 aliphatic heterocycles. The van der Waals surface area contributed by atoms with Crippen LogP contribution < -0.4 is 25.6 Å². The van der Waals surface area contributed by atoms with Crippen molar-refractivity contribution in [3.63, 3.8) is 0 Å². The number of hydrogen-bond donors (Lipinski definition) is 3. The summed E-state index contributed by atoms with van der Waals surface area (Å²) in [6.45, 7) is 10.6. The largest absolute Gasteiger partial charge is 0.494 e. The van der Waals surface area contributed by atoms with Gasteiger partial charge in [0.25, 0.3) is 5.69 Å². The van der Waals surface area contributed by atoms with E-state index in [9.17, 15) is 14.9 Å². The Balaban J connectivity index is 0.00000207. The fraction of sp³-hybridized carbons (Fsp3) is 0.433. The number of nitro groups is 1. The molecule has 0 saturated carbocycles. The van der Waals surface area contributed by atoms with Crippen LogP contribution in [-0.4, -0.2) is 90.2 Å². The monoisotopic (exact) mass is 591 g/mol. The molecule has 43 heavy (non-hydrogen) atoms. The Bertz CT molecular complexity index is 1370. The molecule has 0 unspecified atom stereocenters. The number of nitrogens with one attached hydrogen (secondary N) is 3. The van der Waals surface area contributed by atoms with E-state index in [0.29, 0.717) is 17.5 Å². The molecule has 2 saturated heterocycles. The van der Waals surface area contributed by atoms with Crippen LogP contribution in [0.4, 0.5) is 39.3 Å². The smallest absolute Gasteiger partial charge is 0.324 e. The molecule has 230 valence electrons. The summed E-state index contributed by atoms with van der Waals surface area (Å²) in [5.41, 5.74) is 1.98. The van der Waals surface area contributed by atoms with E-state index in [1.54, 1.807) is 19.2 Å². The summed E-state index contributed by atoms with van der Waals surface area (Å²) in [6, 6.07) is 13.3.